The molecule has 0 saturated heterocycles. The van der Waals surface area contributed by atoms with Crippen LogP contribution in [0.4, 0.5) is 11.6 Å². The molecule has 0 aromatic carbocycles. The van der Waals surface area contributed by atoms with Gasteiger partial charge in [0, 0.05) is 25.1 Å². The summed E-state index contributed by atoms with van der Waals surface area (Å²) in [5.74, 6) is 2.87. The second-order valence-corrected chi connectivity index (χ2v) is 5.31. The van der Waals surface area contributed by atoms with Crippen LogP contribution in [0.1, 0.15) is 58.2 Å². The van der Waals surface area contributed by atoms with Crippen LogP contribution in [-0.4, -0.2) is 22.6 Å². The van der Waals surface area contributed by atoms with E-state index in [1.807, 2.05) is 6.07 Å². The highest BCUT2D eigenvalue weighted by Gasteiger charge is 2.14. The molecule has 0 unspecified atom stereocenters. The van der Waals surface area contributed by atoms with E-state index in [-0.39, 0.29) is 0 Å². The van der Waals surface area contributed by atoms with E-state index in [0.717, 1.165) is 36.8 Å². The topological polar surface area (TPSA) is 49.8 Å². The van der Waals surface area contributed by atoms with E-state index < -0.39 is 0 Å². The monoisotopic (exact) mass is 262 g/mol. The zero-order chi connectivity index (χ0) is 13.5. The SMILES string of the molecule is CCCc1nc(NCC)cc(NC2CCCCC2)n1. The van der Waals surface area contributed by atoms with Crippen LogP contribution in [0.5, 0.6) is 0 Å². The van der Waals surface area contributed by atoms with E-state index in [0.29, 0.717) is 6.04 Å². The summed E-state index contributed by atoms with van der Waals surface area (Å²) >= 11 is 0. The van der Waals surface area contributed by atoms with Crippen molar-refractivity contribution in [3.05, 3.63) is 11.9 Å². The molecule has 106 valence electrons. The Morgan fingerprint density at radius 1 is 1.11 bits per heavy atom. The molecule has 1 saturated carbocycles. The van der Waals surface area contributed by atoms with Crippen LogP contribution >= 0.6 is 0 Å². The van der Waals surface area contributed by atoms with Gasteiger partial charge in [-0.1, -0.05) is 26.2 Å². The van der Waals surface area contributed by atoms with Gasteiger partial charge in [-0.05, 0) is 26.2 Å². The molecule has 0 amide bonds. The van der Waals surface area contributed by atoms with Crippen molar-refractivity contribution in [2.24, 2.45) is 0 Å². The van der Waals surface area contributed by atoms with Crippen LogP contribution < -0.4 is 10.6 Å². The first kappa shape index (κ1) is 14.1. The number of rotatable bonds is 6. The number of hydrogen-bond donors (Lipinski definition) is 2. The number of nitrogens with one attached hydrogen (secondary N) is 2. The van der Waals surface area contributed by atoms with Gasteiger partial charge in [0.05, 0.1) is 0 Å². The Hall–Kier alpha value is -1.32. The molecule has 4 nitrogen and oxygen atoms in total. The van der Waals surface area contributed by atoms with Crippen LogP contribution in [0.15, 0.2) is 6.07 Å². The molecule has 2 N–H and O–H groups in total. The molecule has 19 heavy (non-hydrogen) atoms. The Morgan fingerprint density at radius 3 is 2.53 bits per heavy atom. The highest BCUT2D eigenvalue weighted by atomic mass is 15.1. The molecule has 1 fully saturated rings. The van der Waals surface area contributed by atoms with Crippen LogP contribution in [0.25, 0.3) is 0 Å². The third-order valence-electron chi connectivity index (χ3n) is 3.56. The molecule has 1 aliphatic carbocycles. The Balaban J connectivity index is 2.08. The third kappa shape index (κ3) is 4.37. The van der Waals surface area contributed by atoms with Crippen molar-refractivity contribution in [1.29, 1.82) is 0 Å². The normalized spacial score (nSPS) is 16.3. The first-order valence-corrected chi connectivity index (χ1v) is 7.70. The van der Waals surface area contributed by atoms with E-state index >= 15 is 0 Å². The van der Waals surface area contributed by atoms with Crippen LogP contribution in [-0.2, 0) is 6.42 Å². The Kier molecular flexibility index (Phi) is 5.43. The first-order valence-electron chi connectivity index (χ1n) is 7.70. The van der Waals surface area contributed by atoms with Crippen molar-refractivity contribution < 1.29 is 0 Å². The number of aryl methyl sites for hydroxylation is 1. The molecular weight excluding hydrogens is 236 g/mol. The molecule has 0 atom stereocenters. The zero-order valence-corrected chi connectivity index (χ0v) is 12.2. The van der Waals surface area contributed by atoms with Gasteiger partial charge in [-0.3, -0.25) is 0 Å². The predicted octanol–water partition coefficient (Wildman–Crippen LogP) is 3.61. The number of hydrogen-bond acceptors (Lipinski definition) is 4. The molecule has 0 bridgehead atoms. The third-order valence-corrected chi connectivity index (χ3v) is 3.56. The maximum Gasteiger partial charge on any atom is 0.133 e. The summed E-state index contributed by atoms with van der Waals surface area (Å²) in [5, 5.41) is 6.88. The molecule has 1 aromatic heterocycles. The number of aromatic nitrogens is 2. The Labute approximate surface area is 116 Å². The molecule has 1 aromatic rings. The fourth-order valence-electron chi connectivity index (χ4n) is 2.63. The van der Waals surface area contributed by atoms with E-state index in [4.69, 9.17) is 0 Å². The lowest BCUT2D eigenvalue weighted by Crippen LogP contribution is -2.23. The van der Waals surface area contributed by atoms with Gasteiger partial charge >= 0.3 is 0 Å². The van der Waals surface area contributed by atoms with Gasteiger partial charge in [0.25, 0.3) is 0 Å². The average molecular weight is 262 g/mol. The molecular formula is C15H26N4. The van der Waals surface area contributed by atoms with Crippen molar-refractivity contribution in [2.75, 3.05) is 17.2 Å². The lowest BCUT2D eigenvalue weighted by molar-refractivity contribution is 0.461. The Morgan fingerprint density at radius 2 is 1.84 bits per heavy atom. The predicted molar refractivity (Wildman–Crippen MR) is 80.7 cm³/mol. The molecule has 0 spiro atoms. The second-order valence-electron chi connectivity index (χ2n) is 5.31. The van der Waals surface area contributed by atoms with E-state index in [1.54, 1.807) is 0 Å². The van der Waals surface area contributed by atoms with Crippen molar-refractivity contribution in [3.63, 3.8) is 0 Å². The fraction of sp³-hybridized carbons (Fsp3) is 0.733. The van der Waals surface area contributed by atoms with Gasteiger partial charge in [0.15, 0.2) is 0 Å². The maximum absolute atomic E-state index is 4.64. The van der Waals surface area contributed by atoms with Gasteiger partial charge in [0.2, 0.25) is 0 Å². The van der Waals surface area contributed by atoms with E-state index in [9.17, 15) is 0 Å². The number of anilines is 2. The molecule has 1 heterocycles. The van der Waals surface area contributed by atoms with Gasteiger partial charge in [-0.15, -0.1) is 0 Å². The molecule has 0 aliphatic heterocycles. The Bertz CT molecular complexity index is 361. The van der Waals surface area contributed by atoms with Crippen LogP contribution in [0.2, 0.25) is 0 Å². The summed E-state index contributed by atoms with van der Waals surface area (Å²) in [6, 6.07) is 2.63. The number of nitrogens with zero attached hydrogens (tertiary/aromatic N) is 2. The van der Waals surface area contributed by atoms with Crippen molar-refractivity contribution in [3.8, 4) is 0 Å². The fourth-order valence-corrected chi connectivity index (χ4v) is 2.63. The second kappa shape index (κ2) is 7.31. The van der Waals surface area contributed by atoms with Crippen molar-refractivity contribution in [2.45, 2.75) is 64.8 Å². The van der Waals surface area contributed by atoms with Gasteiger partial charge in [-0.25, -0.2) is 9.97 Å². The molecule has 2 rings (SSSR count). The lowest BCUT2D eigenvalue weighted by atomic mass is 9.95. The largest absolute Gasteiger partial charge is 0.370 e. The van der Waals surface area contributed by atoms with Crippen molar-refractivity contribution in [1.82, 2.24) is 9.97 Å². The zero-order valence-electron chi connectivity index (χ0n) is 12.2. The quantitative estimate of drug-likeness (QED) is 0.822. The summed E-state index contributed by atoms with van der Waals surface area (Å²) in [6.07, 6.45) is 8.62. The highest BCUT2D eigenvalue weighted by molar-refractivity contribution is 5.48. The van der Waals surface area contributed by atoms with Gasteiger partial charge in [0.1, 0.15) is 17.5 Å². The van der Waals surface area contributed by atoms with Crippen LogP contribution in [0.3, 0.4) is 0 Å². The molecule has 1 aliphatic rings. The minimum atomic E-state index is 0.590. The first-order chi connectivity index (χ1) is 9.31. The van der Waals surface area contributed by atoms with Gasteiger partial charge in [-0.2, -0.15) is 0 Å². The molecule has 4 heteroatoms. The summed E-state index contributed by atoms with van der Waals surface area (Å²) in [4.78, 5) is 9.18. The van der Waals surface area contributed by atoms with Gasteiger partial charge < -0.3 is 10.6 Å². The highest BCUT2D eigenvalue weighted by Crippen LogP contribution is 2.22. The van der Waals surface area contributed by atoms with Crippen LogP contribution in [0, 0.1) is 0 Å². The van der Waals surface area contributed by atoms with Crippen molar-refractivity contribution >= 4 is 11.6 Å². The average Bonchev–Trinajstić information content (AvgIpc) is 2.40. The maximum atomic E-state index is 4.64. The summed E-state index contributed by atoms with van der Waals surface area (Å²) in [5.41, 5.74) is 0. The summed E-state index contributed by atoms with van der Waals surface area (Å²) < 4.78 is 0. The van der Waals surface area contributed by atoms with E-state index in [1.165, 1.54) is 32.1 Å². The summed E-state index contributed by atoms with van der Waals surface area (Å²) in [7, 11) is 0. The lowest BCUT2D eigenvalue weighted by Gasteiger charge is -2.23. The smallest absolute Gasteiger partial charge is 0.133 e. The van der Waals surface area contributed by atoms with E-state index in [2.05, 4.69) is 34.4 Å². The standard InChI is InChI=1S/C15H26N4/c1-3-8-13-18-14(16-4-2)11-15(19-13)17-12-9-6-5-7-10-12/h11-12H,3-10H2,1-2H3,(H2,16,17,18,19). The minimum Gasteiger partial charge on any atom is -0.370 e. The summed E-state index contributed by atoms with van der Waals surface area (Å²) in [6.45, 7) is 5.15. The minimum absolute atomic E-state index is 0.590. The molecule has 0 radical (unpaired) electrons.